The van der Waals surface area contributed by atoms with Crippen molar-refractivity contribution in [1.29, 1.82) is 0 Å². The Morgan fingerprint density at radius 2 is 1.81 bits per heavy atom. The fourth-order valence-corrected chi connectivity index (χ4v) is 6.25. The van der Waals surface area contributed by atoms with Crippen molar-refractivity contribution in [3.8, 4) is 5.69 Å². The van der Waals surface area contributed by atoms with E-state index >= 15 is 0 Å². The molecule has 2 heterocycles. The van der Waals surface area contributed by atoms with E-state index in [1.165, 1.54) is 28.6 Å². The van der Waals surface area contributed by atoms with Gasteiger partial charge in [0.2, 0.25) is 0 Å². The molecule has 1 aliphatic carbocycles. The maximum absolute atomic E-state index is 13.7. The van der Waals surface area contributed by atoms with Gasteiger partial charge in [-0.15, -0.1) is 11.3 Å². The molecule has 31 heavy (non-hydrogen) atoms. The summed E-state index contributed by atoms with van der Waals surface area (Å²) >= 11 is 2.98. The molecule has 4 nitrogen and oxygen atoms in total. The van der Waals surface area contributed by atoms with Gasteiger partial charge in [0.15, 0.2) is 10.9 Å². The molecule has 156 valence electrons. The summed E-state index contributed by atoms with van der Waals surface area (Å²) in [6.45, 7) is 2.03. The van der Waals surface area contributed by atoms with Crippen LogP contribution in [0.3, 0.4) is 0 Å². The third-order valence-corrected chi connectivity index (χ3v) is 7.80. The molecule has 0 amide bonds. The van der Waals surface area contributed by atoms with Crippen LogP contribution in [0.15, 0.2) is 64.5 Å². The predicted molar refractivity (Wildman–Crippen MR) is 128 cm³/mol. The third-order valence-electron chi connectivity index (χ3n) is 5.68. The average molecular weight is 447 g/mol. The molecular weight excluding hydrogens is 424 g/mol. The summed E-state index contributed by atoms with van der Waals surface area (Å²) in [5.74, 6) is 0.264. The predicted octanol–water partition coefficient (Wildman–Crippen LogP) is 5.61. The Morgan fingerprint density at radius 3 is 2.58 bits per heavy atom. The van der Waals surface area contributed by atoms with Crippen molar-refractivity contribution in [3.05, 3.63) is 86.5 Å². The summed E-state index contributed by atoms with van der Waals surface area (Å²) < 4.78 is 1.69. The van der Waals surface area contributed by atoms with E-state index in [-0.39, 0.29) is 17.1 Å². The highest BCUT2D eigenvalue weighted by Crippen LogP contribution is 2.35. The summed E-state index contributed by atoms with van der Waals surface area (Å²) in [4.78, 5) is 33.4. The van der Waals surface area contributed by atoms with E-state index in [1.54, 1.807) is 15.9 Å². The Balaban J connectivity index is 1.61. The van der Waals surface area contributed by atoms with Crippen molar-refractivity contribution < 1.29 is 4.79 Å². The number of thiophene rings is 1. The van der Waals surface area contributed by atoms with Crippen molar-refractivity contribution in [2.24, 2.45) is 0 Å². The van der Waals surface area contributed by atoms with Crippen molar-refractivity contribution in [3.63, 3.8) is 0 Å². The minimum absolute atomic E-state index is 0.0251. The number of carbonyl (C=O) groups is 1. The van der Waals surface area contributed by atoms with E-state index in [4.69, 9.17) is 4.98 Å². The number of Topliss-reactive ketones (excluding diaryl/α,β-unsaturated/α-hetero) is 1. The van der Waals surface area contributed by atoms with Crippen LogP contribution in [0.2, 0.25) is 0 Å². The van der Waals surface area contributed by atoms with Crippen LogP contribution in [0.1, 0.15) is 39.2 Å². The van der Waals surface area contributed by atoms with Crippen LogP contribution in [-0.4, -0.2) is 21.1 Å². The number of aromatic nitrogens is 2. The number of aryl methyl sites for hydroxylation is 3. The molecule has 1 aliphatic rings. The Hall–Kier alpha value is -2.70. The fourth-order valence-electron chi connectivity index (χ4n) is 4.04. The molecule has 0 unspecified atom stereocenters. The average Bonchev–Trinajstić information content (AvgIpc) is 3.17. The van der Waals surface area contributed by atoms with E-state index in [1.807, 2.05) is 61.5 Å². The number of thioether (sulfide) groups is 1. The van der Waals surface area contributed by atoms with Gasteiger partial charge in [-0.2, -0.15) is 0 Å². The van der Waals surface area contributed by atoms with Crippen LogP contribution < -0.4 is 5.56 Å². The van der Waals surface area contributed by atoms with Gasteiger partial charge in [0.1, 0.15) is 4.83 Å². The summed E-state index contributed by atoms with van der Waals surface area (Å²) in [5, 5.41) is 1.34. The summed E-state index contributed by atoms with van der Waals surface area (Å²) in [6, 6.07) is 17.2. The first-order valence-electron chi connectivity index (χ1n) is 10.5. The summed E-state index contributed by atoms with van der Waals surface area (Å²) in [7, 11) is 0. The second-order valence-corrected chi connectivity index (χ2v) is 9.87. The van der Waals surface area contributed by atoms with Crippen molar-refractivity contribution in [2.75, 3.05) is 5.75 Å². The van der Waals surface area contributed by atoms with Crippen LogP contribution in [0.5, 0.6) is 0 Å². The number of rotatable bonds is 5. The summed E-state index contributed by atoms with van der Waals surface area (Å²) in [5.41, 5.74) is 3.75. The number of carbonyl (C=O) groups excluding carboxylic acids is 1. The van der Waals surface area contributed by atoms with Crippen molar-refractivity contribution >= 4 is 39.1 Å². The van der Waals surface area contributed by atoms with Crippen molar-refractivity contribution in [1.82, 2.24) is 9.55 Å². The van der Waals surface area contributed by atoms with Gasteiger partial charge in [-0.05, 0) is 50.3 Å². The van der Waals surface area contributed by atoms with Crippen molar-refractivity contribution in [2.45, 2.75) is 37.8 Å². The molecule has 2 aromatic heterocycles. The SMILES string of the molecule is Cc1ccc(-n2c(SCC(=O)c3ccccc3)nc3sc4c(c3c2=O)CCCC4)cc1. The first-order valence-corrected chi connectivity index (χ1v) is 12.3. The Labute approximate surface area is 189 Å². The maximum atomic E-state index is 13.7. The molecule has 0 N–H and O–H groups in total. The number of fused-ring (bicyclic) bond motifs is 3. The van der Waals surface area contributed by atoms with Gasteiger partial charge >= 0.3 is 0 Å². The Bertz CT molecular complexity index is 1320. The largest absolute Gasteiger partial charge is 0.293 e. The lowest BCUT2D eigenvalue weighted by Crippen LogP contribution is -2.22. The number of benzene rings is 2. The molecule has 0 saturated heterocycles. The monoisotopic (exact) mass is 446 g/mol. The quantitative estimate of drug-likeness (QED) is 0.227. The lowest BCUT2D eigenvalue weighted by Gasteiger charge is -2.13. The molecule has 0 bridgehead atoms. The van der Waals surface area contributed by atoms with Crippen LogP contribution in [0.25, 0.3) is 15.9 Å². The van der Waals surface area contributed by atoms with Gasteiger partial charge in [-0.1, -0.05) is 59.8 Å². The van der Waals surface area contributed by atoms with E-state index < -0.39 is 0 Å². The minimum Gasteiger partial charge on any atom is -0.293 e. The van der Waals surface area contributed by atoms with Crippen LogP contribution >= 0.6 is 23.1 Å². The van der Waals surface area contributed by atoms with Crippen LogP contribution in [0.4, 0.5) is 0 Å². The lowest BCUT2D eigenvalue weighted by molar-refractivity contribution is 0.102. The molecular formula is C25H22N2O2S2. The van der Waals surface area contributed by atoms with E-state index in [0.29, 0.717) is 10.7 Å². The maximum Gasteiger partial charge on any atom is 0.267 e. The topological polar surface area (TPSA) is 52.0 Å². The van der Waals surface area contributed by atoms with Gasteiger partial charge < -0.3 is 0 Å². The van der Waals surface area contributed by atoms with E-state index in [0.717, 1.165) is 40.7 Å². The fraction of sp³-hybridized carbons (Fsp3) is 0.240. The Kier molecular flexibility index (Phi) is 5.50. The zero-order valence-corrected chi connectivity index (χ0v) is 18.9. The number of hydrogen-bond donors (Lipinski definition) is 0. The highest BCUT2D eigenvalue weighted by Gasteiger charge is 2.23. The zero-order valence-electron chi connectivity index (χ0n) is 17.3. The highest BCUT2D eigenvalue weighted by atomic mass is 32.2. The molecule has 0 fully saturated rings. The molecule has 2 aromatic carbocycles. The minimum atomic E-state index is -0.0251. The molecule has 0 aliphatic heterocycles. The van der Waals surface area contributed by atoms with Crippen LogP contribution in [-0.2, 0) is 12.8 Å². The third kappa shape index (κ3) is 3.86. The molecule has 6 heteroatoms. The smallest absolute Gasteiger partial charge is 0.267 e. The highest BCUT2D eigenvalue weighted by molar-refractivity contribution is 7.99. The summed E-state index contributed by atoms with van der Waals surface area (Å²) in [6.07, 6.45) is 4.25. The van der Waals surface area contributed by atoms with E-state index in [9.17, 15) is 9.59 Å². The molecule has 0 radical (unpaired) electrons. The van der Waals surface area contributed by atoms with Gasteiger partial charge in [0.25, 0.3) is 5.56 Å². The molecule has 5 rings (SSSR count). The first kappa shape index (κ1) is 20.2. The number of ketones is 1. The second-order valence-electron chi connectivity index (χ2n) is 7.84. The molecule has 4 aromatic rings. The number of nitrogens with zero attached hydrogens (tertiary/aromatic N) is 2. The zero-order chi connectivity index (χ0) is 21.4. The first-order chi connectivity index (χ1) is 15.1. The molecule has 0 atom stereocenters. The molecule has 0 spiro atoms. The Morgan fingerprint density at radius 1 is 1.06 bits per heavy atom. The van der Waals surface area contributed by atoms with Crippen LogP contribution in [0, 0.1) is 6.92 Å². The second kappa shape index (κ2) is 8.44. The van der Waals surface area contributed by atoms with Gasteiger partial charge in [-0.25, -0.2) is 4.98 Å². The standard InChI is InChI=1S/C25H22N2O2S2/c1-16-11-13-18(14-12-16)27-24(29)22-19-9-5-6-10-21(19)31-23(22)26-25(27)30-15-20(28)17-7-3-2-4-8-17/h2-4,7-8,11-14H,5-6,9-10,15H2,1H3. The molecule has 0 saturated carbocycles. The normalized spacial score (nSPS) is 13.3. The number of hydrogen-bond acceptors (Lipinski definition) is 5. The van der Waals surface area contributed by atoms with E-state index in [2.05, 4.69) is 0 Å². The van der Waals surface area contributed by atoms with Gasteiger partial charge in [-0.3, -0.25) is 14.2 Å². The van der Waals surface area contributed by atoms with Gasteiger partial charge in [0.05, 0.1) is 16.8 Å². The lowest BCUT2D eigenvalue weighted by atomic mass is 9.97. The van der Waals surface area contributed by atoms with Gasteiger partial charge in [0, 0.05) is 10.4 Å².